The number of ether oxygens (including phenoxy) is 2. The van der Waals surface area contributed by atoms with Crippen LogP contribution in [0.3, 0.4) is 0 Å². The predicted molar refractivity (Wildman–Crippen MR) is 146 cm³/mol. The third kappa shape index (κ3) is 5.98. The van der Waals surface area contributed by atoms with Crippen LogP contribution < -0.4 is 0 Å². The second kappa shape index (κ2) is 11.0. The summed E-state index contributed by atoms with van der Waals surface area (Å²) in [5, 5.41) is 0. The molecule has 1 unspecified atom stereocenters. The average Bonchev–Trinajstić information content (AvgIpc) is 2.82. The van der Waals surface area contributed by atoms with Gasteiger partial charge in [-0.25, -0.2) is 0 Å². The second-order valence-electron chi connectivity index (χ2n) is 14.7. The molecule has 4 bridgehead atoms. The van der Waals surface area contributed by atoms with Crippen LogP contribution in [0.5, 0.6) is 0 Å². The highest BCUT2D eigenvalue weighted by Gasteiger charge is 2.57. The van der Waals surface area contributed by atoms with Crippen molar-refractivity contribution in [2.45, 2.75) is 151 Å². The largest absolute Gasteiger partial charge is 0.458 e. The molecule has 0 saturated heterocycles. The molecule has 0 aromatic carbocycles. The van der Waals surface area contributed by atoms with Gasteiger partial charge in [-0.05, 0) is 115 Å². The Morgan fingerprint density at radius 3 is 1.75 bits per heavy atom. The molecule has 5 aliphatic rings. The highest BCUT2D eigenvalue weighted by Crippen LogP contribution is 2.59. The van der Waals surface area contributed by atoms with E-state index in [0.29, 0.717) is 11.8 Å². The van der Waals surface area contributed by atoms with Crippen molar-refractivity contribution in [2.24, 2.45) is 40.4 Å². The SMILES string of the molecule is CCC(C)(C)C(=O)OC1(C)C2CC3CC(C2)CC1C3.CCC(C)C(=O)OC1(C(C)(C)C)CCCCC1. The van der Waals surface area contributed by atoms with Gasteiger partial charge in [-0.2, -0.15) is 0 Å². The van der Waals surface area contributed by atoms with Crippen LogP contribution in [0.2, 0.25) is 0 Å². The van der Waals surface area contributed by atoms with Gasteiger partial charge in [0, 0.05) is 5.41 Å². The quantitative estimate of drug-likeness (QED) is 0.340. The lowest BCUT2D eigenvalue weighted by Crippen LogP contribution is -2.58. The van der Waals surface area contributed by atoms with E-state index in [9.17, 15) is 9.59 Å². The van der Waals surface area contributed by atoms with Gasteiger partial charge in [-0.1, -0.05) is 48.0 Å². The number of carbonyl (C=O) groups is 2. The van der Waals surface area contributed by atoms with Crippen LogP contribution in [0.15, 0.2) is 0 Å². The molecule has 208 valence electrons. The molecule has 36 heavy (non-hydrogen) atoms. The smallest absolute Gasteiger partial charge is 0.312 e. The van der Waals surface area contributed by atoms with Crippen molar-refractivity contribution in [3.05, 3.63) is 0 Å². The maximum atomic E-state index is 12.5. The lowest BCUT2D eigenvalue weighted by atomic mass is 9.50. The van der Waals surface area contributed by atoms with Gasteiger partial charge in [0.15, 0.2) is 0 Å². The minimum atomic E-state index is -0.336. The van der Waals surface area contributed by atoms with Gasteiger partial charge in [0.1, 0.15) is 11.2 Å². The molecule has 4 heteroatoms. The fourth-order valence-corrected chi connectivity index (χ4v) is 7.36. The highest BCUT2D eigenvalue weighted by molar-refractivity contribution is 5.76. The van der Waals surface area contributed by atoms with E-state index in [1.165, 1.54) is 51.4 Å². The Labute approximate surface area is 222 Å². The second-order valence-corrected chi connectivity index (χ2v) is 14.7. The van der Waals surface area contributed by atoms with E-state index in [1.54, 1.807) is 0 Å². The first-order valence-corrected chi connectivity index (χ1v) is 15.1. The Bertz CT molecular complexity index is 740. The minimum Gasteiger partial charge on any atom is -0.458 e. The van der Waals surface area contributed by atoms with Gasteiger partial charge in [0.25, 0.3) is 0 Å². The first-order chi connectivity index (χ1) is 16.7. The standard InChI is InChI=1S/C17H28O2.C15H28O2/c1-5-16(2,3)15(18)19-17(4)13-7-11-6-12(9-13)10-14(17)8-11;1-6-12(2)13(16)17-15(14(3,4)5)10-8-7-9-11-15/h11-14H,5-10H2,1-4H3;12H,6-11H2,1-5H3. The van der Waals surface area contributed by atoms with E-state index in [4.69, 9.17) is 9.47 Å². The minimum absolute atomic E-state index is 0.00988. The van der Waals surface area contributed by atoms with Crippen LogP contribution in [0.25, 0.3) is 0 Å². The predicted octanol–water partition coefficient (Wildman–Crippen LogP) is 8.51. The maximum Gasteiger partial charge on any atom is 0.312 e. The summed E-state index contributed by atoms with van der Waals surface area (Å²) in [7, 11) is 0. The van der Waals surface area contributed by atoms with Crippen molar-refractivity contribution < 1.29 is 19.1 Å². The van der Waals surface area contributed by atoms with Gasteiger partial charge >= 0.3 is 11.9 Å². The number of esters is 2. The van der Waals surface area contributed by atoms with Crippen LogP contribution in [0, 0.1) is 40.4 Å². The number of hydrogen-bond acceptors (Lipinski definition) is 4. The summed E-state index contributed by atoms with van der Waals surface area (Å²) >= 11 is 0. The summed E-state index contributed by atoms with van der Waals surface area (Å²) < 4.78 is 12.1. The molecule has 5 rings (SSSR count). The summed E-state index contributed by atoms with van der Waals surface area (Å²) in [5.74, 6) is 3.13. The van der Waals surface area contributed by atoms with Crippen LogP contribution in [-0.2, 0) is 19.1 Å². The van der Waals surface area contributed by atoms with E-state index in [-0.39, 0.29) is 39.9 Å². The summed E-state index contributed by atoms with van der Waals surface area (Å²) in [6, 6.07) is 0. The third-order valence-electron chi connectivity index (χ3n) is 10.8. The van der Waals surface area contributed by atoms with Gasteiger partial charge in [-0.15, -0.1) is 0 Å². The molecule has 0 aliphatic heterocycles. The van der Waals surface area contributed by atoms with E-state index in [0.717, 1.165) is 37.5 Å². The number of hydrogen-bond donors (Lipinski definition) is 0. The number of rotatable bonds is 6. The Kier molecular flexibility index (Phi) is 8.99. The van der Waals surface area contributed by atoms with Crippen molar-refractivity contribution in [2.75, 3.05) is 0 Å². The molecule has 0 N–H and O–H groups in total. The Balaban J connectivity index is 0.000000202. The van der Waals surface area contributed by atoms with Gasteiger partial charge in [0.05, 0.1) is 11.3 Å². The van der Waals surface area contributed by atoms with Crippen molar-refractivity contribution in [3.8, 4) is 0 Å². The Morgan fingerprint density at radius 2 is 1.33 bits per heavy atom. The molecular formula is C32H56O4. The zero-order chi connectivity index (χ0) is 26.9. The topological polar surface area (TPSA) is 52.6 Å². The van der Waals surface area contributed by atoms with Gasteiger partial charge in [0.2, 0.25) is 0 Å². The summed E-state index contributed by atoms with van der Waals surface area (Å²) in [6.45, 7) is 18.9. The molecule has 4 nitrogen and oxygen atoms in total. The lowest BCUT2D eigenvalue weighted by Gasteiger charge is -2.59. The Morgan fingerprint density at radius 1 is 0.833 bits per heavy atom. The molecule has 0 radical (unpaired) electrons. The van der Waals surface area contributed by atoms with Gasteiger partial charge in [-0.3, -0.25) is 9.59 Å². The van der Waals surface area contributed by atoms with E-state index in [1.807, 2.05) is 27.7 Å². The number of carbonyl (C=O) groups excluding carboxylic acids is 2. The average molecular weight is 505 g/mol. The van der Waals surface area contributed by atoms with Gasteiger partial charge < -0.3 is 9.47 Å². The molecule has 0 amide bonds. The molecule has 0 aromatic heterocycles. The van der Waals surface area contributed by atoms with E-state index in [2.05, 4.69) is 34.6 Å². The van der Waals surface area contributed by atoms with E-state index < -0.39 is 0 Å². The third-order valence-corrected chi connectivity index (χ3v) is 10.8. The normalized spacial score (nSPS) is 33.8. The van der Waals surface area contributed by atoms with Crippen molar-refractivity contribution >= 4 is 11.9 Å². The maximum absolute atomic E-state index is 12.5. The summed E-state index contributed by atoms with van der Waals surface area (Å²) in [4.78, 5) is 24.5. The van der Waals surface area contributed by atoms with Crippen LogP contribution in [0.4, 0.5) is 0 Å². The molecule has 0 spiro atoms. The Hall–Kier alpha value is -1.06. The molecule has 0 heterocycles. The summed E-state index contributed by atoms with van der Waals surface area (Å²) in [6.07, 6.45) is 14.0. The van der Waals surface area contributed by atoms with Crippen LogP contribution in [-0.4, -0.2) is 23.1 Å². The van der Waals surface area contributed by atoms with Crippen molar-refractivity contribution in [1.82, 2.24) is 0 Å². The van der Waals surface area contributed by atoms with Crippen molar-refractivity contribution in [1.29, 1.82) is 0 Å². The fraction of sp³-hybridized carbons (Fsp3) is 0.938. The first-order valence-electron chi connectivity index (χ1n) is 15.1. The molecule has 5 saturated carbocycles. The van der Waals surface area contributed by atoms with E-state index >= 15 is 0 Å². The molecule has 1 atom stereocenters. The molecule has 0 aromatic rings. The monoisotopic (exact) mass is 504 g/mol. The zero-order valence-corrected chi connectivity index (χ0v) is 25.0. The van der Waals surface area contributed by atoms with Crippen molar-refractivity contribution in [3.63, 3.8) is 0 Å². The molecule has 5 aliphatic carbocycles. The van der Waals surface area contributed by atoms with Crippen LogP contribution >= 0.6 is 0 Å². The van der Waals surface area contributed by atoms with Crippen LogP contribution in [0.1, 0.15) is 139 Å². The zero-order valence-electron chi connectivity index (χ0n) is 25.0. The molecule has 5 fully saturated rings. The fourth-order valence-electron chi connectivity index (χ4n) is 7.36. The first kappa shape index (κ1) is 29.5. The lowest BCUT2D eigenvalue weighted by molar-refractivity contribution is -0.211. The molecular weight excluding hydrogens is 448 g/mol. The highest BCUT2D eigenvalue weighted by atomic mass is 16.6. The summed E-state index contributed by atoms with van der Waals surface area (Å²) in [5.41, 5.74) is -0.697.